The molecule has 0 amide bonds. The van der Waals surface area contributed by atoms with E-state index in [1.165, 1.54) is 6.33 Å². The van der Waals surface area contributed by atoms with E-state index in [0.717, 1.165) is 29.3 Å². The van der Waals surface area contributed by atoms with Gasteiger partial charge in [-0.3, -0.25) is 4.90 Å². The van der Waals surface area contributed by atoms with E-state index >= 15 is 0 Å². The maximum atomic E-state index is 11.7. The highest BCUT2D eigenvalue weighted by Gasteiger charge is 2.34. The average molecular weight is 329 g/mol. The van der Waals surface area contributed by atoms with Gasteiger partial charge in [0, 0.05) is 31.6 Å². The van der Waals surface area contributed by atoms with Gasteiger partial charge < -0.3 is 20.6 Å². The Morgan fingerprint density at radius 3 is 3.04 bits per heavy atom. The molecular formula is C17H23N5O2. The van der Waals surface area contributed by atoms with Crippen LogP contribution in [-0.2, 0) is 16.1 Å². The Morgan fingerprint density at radius 2 is 2.29 bits per heavy atom. The lowest BCUT2D eigenvalue weighted by atomic mass is 10.00. The number of anilines is 1. The van der Waals surface area contributed by atoms with E-state index in [0.29, 0.717) is 19.0 Å². The molecule has 1 saturated heterocycles. The first-order valence-corrected chi connectivity index (χ1v) is 8.06. The van der Waals surface area contributed by atoms with Crippen LogP contribution in [0.1, 0.15) is 12.5 Å². The van der Waals surface area contributed by atoms with E-state index in [1.807, 2.05) is 18.2 Å². The molecule has 0 saturated carbocycles. The molecule has 3 unspecified atom stereocenters. The van der Waals surface area contributed by atoms with Crippen LogP contribution in [0, 0.1) is 0 Å². The molecule has 0 bridgehead atoms. The number of nitrogens with two attached hydrogens (primary N) is 1. The highest BCUT2D eigenvalue weighted by atomic mass is 16.5. The quantitative estimate of drug-likeness (QED) is 0.775. The number of piperazine rings is 1. The van der Waals surface area contributed by atoms with Crippen LogP contribution < -0.4 is 11.1 Å². The summed E-state index contributed by atoms with van der Waals surface area (Å²) in [5, 5.41) is 4.23. The number of hydrogen-bond donors (Lipinski definition) is 2. The van der Waals surface area contributed by atoms with Crippen LogP contribution in [0.25, 0.3) is 10.9 Å². The third kappa shape index (κ3) is 3.24. The lowest BCUT2D eigenvalue weighted by Gasteiger charge is -2.43. The van der Waals surface area contributed by atoms with Crippen molar-refractivity contribution in [1.29, 1.82) is 0 Å². The minimum atomic E-state index is -0.222. The number of ether oxygens (including phenoxy) is 1. The van der Waals surface area contributed by atoms with Crippen molar-refractivity contribution in [3.63, 3.8) is 0 Å². The molecule has 0 radical (unpaired) electrons. The third-order valence-corrected chi connectivity index (χ3v) is 4.62. The van der Waals surface area contributed by atoms with Gasteiger partial charge in [0.25, 0.3) is 0 Å². The summed E-state index contributed by atoms with van der Waals surface area (Å²) in [6.45, 7) is 4.12. The van der Waals surface area contributed by atoms with Crippen LogP contribution >= 0.6 is 0 Å². The minimum absolute atomic E-state index is 0.00197. The smallest absolute Gasteiger partial charge is 0.138 e. The van der Waals surface area contributed by atoms with Crippen LogP contribution in [0.5, 0.6) is 0 Å². The van der Waals surface area contributed by atoms with E-state index < -0.39 is 0 Å². The van der Waals surface area contributed by atoms with Gasteiger partial charge in [0.2, 0.25) is 0 Å². The van der Waals surface area contributed by atoms with Crippen molar-refractivity contribution >= 4 is 23.0 Å². The molecule has 3 atom stereocenters. The van der Waals surface area contributed by atoms with Gasteiger partial charge in [0.1, 0.15) is 18.4 Å². The van der Waals surface area contributed by atoms with E-state index in [2.05, 4.69) is 27.1 Å². The number of nitrogens with one attached hydrogen (secondary N) is 1. The number of rotatable bonds is 5. The summed E-state index contributed by atoms with van der Waals surface area (Å²) in [5.74, 6) is 0.480. The van der Waals surface area contributed by atoms with Crippen LogP contribution in [-0.4, -0.2) is 59.5 Å². The van der Waals surface area contributed by atoms with Gasteiger partial charge in [-0.25, -0.2) is 9.97 Å². The van der Waals surface area contributed by atoms with Crippen molar-refractivity contribution in [3.05, 3.63) is 30.1 Å². The Morgan fingerprint density at radius 1 is 1.46 bits per heavy atom. The Bertz CT molecular complexity index is 723. The summed E-state index contributed by atoms with van der Waals surface area (Å²) in [6, 6.07) is 6.00. The molecule has 1 aliphatic heterocycles. The molecule has 0 aliphatic carbocycles. The monoisotopic (exact) mass is 329 g/mol. The van der Waals surface area contributed by atoms with Gasteiger partial charge in [0.05, 0.1) is 24.2 Å². The summed E-state index contributed by atoms with van der Waals surface area (Å²) in [4.78, 5) is 22.2. The van der Waals surface area contributed by atoms with Crippen LogP contribution in [0.4, 0.5) is 5.82 Å². The van der Waals surface area contributed by atoms with Crippen molar-refractivity contribution in [2.45, 2.75) is 31.6 Å². The fourth-order valence-corrected chi connectivity index (χ4v) is 3.29. The van der Waals surface area contributed by atoms with Crippen LogP contribution in [0.2, 0.25) is 0 Å². The summed E-state index contributed by atoms with van der Waals surface area (Å²) >= 11 is 0. The second kappa shape index (κ2) is 7.21. The van der Waals surface area contributed by atoms with Crippen LogP contribution in [0.3, 0.4) is 0 Å². The zero-order valence-corrected chi connectivity index (χ0v) is 14.0. The number of aldehydes is 1. The first-order chi connectivity index (χ1) is 11.6. The number of methoxy groups -OCH3 is 1. The fraction of sp³-hybridized carbons (Fsp3) is 0.471. The van der Waals surface area contributed by atoms with Crippen LogP contribution in [0.15, 0.2) is 24.5 Å². The van der Waals surface area contributed by atoms with Gasteiger partial charge >= 0.3 is 0 Å². The highest BCUT2D eigenvalue weighted by Crippen LogP contribution is 2.22. The summed E-state index contributed by atoms with van der Waals surface area (Å²) in [7, 11) is 1.65. The second-order valence-electron chi connectivity index (χ2n) is 6.23. The first kappa shape index (κ1) is 16.8. The molecule has 3 rings (SSSR count). The molecule has 0 spiro atoms. The standard InChI is InChI=1S/C17H23N5O2/c1-11-6-19-15(9-24-2)16(8-23)22(11)7-12-3-4-13-14(5-12)20-10-21-17(13)18/h3-5,8,10-11,15-16,19H,6-7,9H2,1-2H3,(H2,18,20,21). The number of benzene rings is 1. The van der Waals surface area contributed by atoms with Gasteiger partial charge in [-0.1, -0.05) is 6.07 Å². The SMILES string of the molecule is COCC1NCC(C)N(Cc2ccc3c(N)ncnc3c2)C1C=O. The Hall–Kier alpha value is -2.09. The van der Waals surface area contributed by atoms with E-state index in [1.54, 1.807) is 7.11 Å². The van der Waals surface area contributed by atoms with Crippen molar-refractivity contribution in [2.24, 2.45) is 0 Å². The maximum Gasteiger partial charge on any atom is 0.138 e. The summed E-state index contributed by atoms with van der Waals surface area (Å²) < 4.78 is 5.24. The zero-order chi connectivity index (χ0) is 17.1. The topological polar surface area (TPSA) is 93.4 Å². The van der Waals surface area contributed by atoms with Crippen molar-refractivity contribution in [2.75, 3.05) is 26.0 Å². The molecule has 24 heavy (non-hydrogen) atoms. The molecule has 2 aromatic rings. The number of hydrogen-bond acceptors (Lipinski definition) is 7. The molecule has 1 aliphatic rings. The normalized spacial score (nSPS) is 25.0. The maximum absolute atomic E-state index is 11.7. The summed E-state index contributed by atoms with van der Waals surface area (Å²) in [6.07, 6.45) is 2.48. The fourth-order valence-electron chi connectivity index (χ4n) is 3.29. The molecule has 128 valence electrons. The average Bonchev–Trinajstić information content (AvgIpc) is 2.58. The Kier molecular flexibility index (Phi) is 5.03. The summed E-state index contributed by atoms with van der Waals surface area (Å²) in [5.41, 5.74) is 7.79. The first-order valence-electron chi connectivity index (χ1n) is 8.06. The second-order valence-corrected chi connectivity index (χ2v) is 6.23. The van der Waals surface area contributed by atoms with Gasteiger partial charge in [0.15, 0.2) is 0 Å². The number of nitrogen functional groups attached to an aromatic ring is 1. The third-order valence-electron chi connectivity index (χ3n) is 4.62. The number of nitrogens with zero attached hydrogens (tertiary/aromatic N) is 3. The molecule has 1 fully saturated rings. The molecule has 7 nitrogen and oxygen atoms in total. The number of carbonyl (C=O) groups is 1. The molecule has 2 heterocycles. The minimum Gasteiger partial charge on any atom is -0.383 e. The van der Waals surface area contributed by atoms with E-state index in [9.17, 15) is 4.79 Å². The van der Waals surface area contributed by atoms with Crippen molar-refractivity contribution in [3.8, 4) is 0 Å². The van der Waals surface area contributed by atoms with Crippen molar-refractivity contribution < 1.29 is 9.53 Å². The molecule has 3 N–H and O–H groups in total. The Balaban J connectivity index is 1.86. The van der Waals surface area contributed by atoms with Gasteiger partial charge in [-0.15, -0.1) is 0 Å². The number of aromatic nitrogens is 2. The van der Waals surface area contributed by atoms with E-state index in [-0.39, 0.29) is 18.1 Å². The zero-order valence-electron chi connectivity index (χ0n) is 14.0. The van der Waals surface area contributed by atoms with E-state index in [4.69, 9.17) is 10.5 Å². The highest BCUT2D eigenvalue weighted by molar-refractivity contribution is 5.88. The molecular weight excluding hydrogens is 306 g/mol. The molecule has 1 aromatic carbocycles. The van der Waals surface area contributed by atoms with Crippen molar-refractivity contribution in [1.82, 2.24) is 20.2 Å². The van der Waals surface area contributed by atoms with Gasteiger partial charge in [-0.2, -0.15) is 0 Å². The lowest BCUT2D eigenvalue weighted by Crippen LogP contribution is -2.63. The Labute approximate surface area is 141 Å². The molecule has 7 heteroatoms. The lowest BCUT2D eigenvalue weighted by molar-refractivity contribution is -0.116. The largest absolute Gasteiger partial charge is 0.383 e. The predicted molar refractivity (Wildman–Crippen MR) is 92.5 cm³/mol. The number of fused-ring (bicyclic) bond motifs is 1. The number of carbonyl (C=O) groups excluding carboxylic acids is 1. The molecule has 1 aromatic heterocycles. The predicted octanol–water partition coefficient (Wildman–Crippen LogP) is 0.588. The van der Waals surface area contributed by atoms with Gasteiger partial charge in [-0.05, 0) is 24.6 Å².